The van der Waals surface area contributed by atoms with Gasteiger partial charge in [-0.1, -0.05) is 60.5 Å². The third kappa shape index (κ3) is 4.89. The van der Waals surface area contributed by atoms with Gasteiger partial charge in [-0.2, -0.15) is 0 Å². The quantitative estimate of drug-likeness (QED) is 0.674. The van der Waals surface area contributed by atoms with Crippen LogP contribution in [0.1, 0.15) is 30.6 Å². The van der Waals surface area contributed by atoms with E-state index in [2.05, 4.69) is 36.1 Å². The van der Waals surface area contributed by atoms with Crippen molar-refractivity contribution in [3.8, 4) is 5.75 Å². The maximum Gasteiger partial charge on any atom is 0.156 e. The maximum absolute atomic E-state index is 6.13. The molecule has 0 amide bonds. The molecule has 3 rings (SSSR count). The lowest BCUT2D eigenvalue weighted by Gasteiger charge is -2.33. The van der Waals surface area contributed by atoms with Crippen LogP contribution in [0.25, 0.3) is 0 Å². The van der Waals surface area contributed by atoms with E-state index in [1.807, 2.05) is 0 Å². The van der Waals surface area contributed by atoms with Crippen LogP contribution in [0.15, 0.2) is 42.5 Å². The van der Waals surface area contributed by atoms with E-state index < -0.39 is 0 Å². The van der Waals surface area contributed by atoms with Crippen LogP contribution in [0.2, 0.25) is 10.0 Å². The van der Waals surface area contributed by atoms with Gasteiger partial charge in [0.05, 0.1) is 22.8 Å². The summed E-state index contributed by atoms with van der Waals surface area (Å²) in [5.74, 6) is 0.528. The Hall–Kier alpha value is -1.26. The van der Waals surface area contributed by atoms with Gasteiger partial charge >= 0.3 is 0 Å². The van der Waals surface area contributed by atoms with Crippen LogP contribution in [0.5, 0.6) is 5.75 Å². The van der Waals surface area contributed by atoms with E-state index >= 15 is 0 Å². The molecular weight excluding hydrogens is 357 g/mol. The topological polar surface area (TPSA) is 21.7 Å². The van der Waals surface area contributed by atoms with Gasteiger partial charge in [0.1, 0.15) is 6.61 Å². The molecule has 2 aromatic rings. The summed E-state index contributed by atoms with van der Waals surface area (Å²) in [6, 6.07) is 13.7. The van der Waals surface area contributed by atoms with E-state index in [0.29, 0.717) is 22.4 Å². The van der Waals surface area contributed by atoms with E-state index in [0.717, 1.165) is 31.8 Å². The van der Waals surface area contributed by atoms with Gasteiger partial charge in [-0.3, -0.25) is 4.90 Å². The summed E-state index contributed by atoms with van der Waals surface area (Å²) in [5.41, 5.74) is 2.28. The molecule has 2 aromatic carbocycles. The number of halogens is 2. The fraction of sp³-hybridized carbons (Fsp3) is 0.400. The number of hydrogen-bond acceptors (Lipinski definition) is 3. The third-order valence-electron chi connectivity index (χ3n) is 4.34. The lowest BCUT2D eigenvalue weighted by Crippen LogP contribution is -2.38. The van der Waals surface area contributed by atoms with Crippen molar-refractivity contribution in [1.82, 2.24) is 4.90 Å². The van der Waals surface area contributed by atoms with E-state index in [9.17, 15) is 0 Å². The van der Waals surface area contributed by atoms with Crippen molar-refractivity contribution < 1.29 is 9.47 Å². The van der Waals surface area contributed by atoms with Crippen LogP contribution < -0.4 is 4.74 Å². The van der Waals surface area contributed by atoms with E-state index in [4.69, 9.17) is 32.7 Å². The smallest absolute Gasteiger partial charge is 0.156 e. The van der Waals surface area contributed by atoms with Crippen molar-refractivity contribution in [3.63, 3.8) is 0 Å². The molecule has 5 heteroatoms. The van der Waals surface area contributed by atoms with Crippen LogP contribution in [-0.4, -0.2) is 31.1 Å². The highest BCUT2D eigenvalue weighted by Crippen LogP contribution is 2.33. The fourth-order valence-electron chi connectivity index (χ4n) is 3.03. The Balaban J connectivity index is 1.60. The van der Waals surface area contributed by atoms with Gasteiger partial charge in [0, 0.05) is 13.1 Å². The number of ether oxygens (including phenoxy) is 2. The Kier molecular flexibility index (Phi) is 6.60. The van der Waals surface area contributed by atoms with Crippen LogP contribution in [0.4, 0.5) is 0 Å². The highest BCUT2D eigenvalue weighted by molar-refractivity contribution is 6.37. The molecule has 25 heavy (non-hydrogen) atoms. The number of morpholine rings is 1. The minimum Gasteiger partial charge on any atom is -0.486 e. The van der Waals surface area contributed by atoms with Gasteiger partial charge in [0.25, 0.3) is 0 Å². The summed E-state index contributed by atoms with van der Waals surface area (Å²) in [7, 11) is 0. The normalized spacial score (nSPS) is 18.3. The van der Waals surface area contributed by atoms with E-state index in [1.165, 1.54) is 12.0 Å². The molecule has 1 saturated heterocycles. The second-order valence-corrected chi connectivity index (χ2v) is 7.06. The Morgan fingerprint density at radius 2 is 1.84 bits per heavy atom. The van der Waals surface area contributed by atoms with Crippen LogP contribution in [0, 0.1) is 0 Å². The van der Waals surface area contributed by atoms with Crippen molar-refractivity contribution in [3.05, 3.63) is 63.6 Å². The summed E-state index contributed by atoms with van der Waals surface area (Å²) in [6.45, 7) is 6.54. The second kappa shape index (κ2) is 8.91. The lowest BCUT2D eigenvalue weighted by atomic mass is 10.1. The van der Waals surface area contributed by atoms with Gasteiger partial charge in [-0.15, -0.1) is 0 Å². The highest BCUT2D eigenvalue weighted by Gasteiger charge is 2.21. The number of rotatable bonds is 6. The van der Waals surface area contributed by atoms with E-state index in [-0.39, 0.29) is 6.10 Å². The van der Waals surface area contributed by atoms with Gasteiger partial charge in [0.15, 0.2) is 5.75 Å². The zero-order valence-corrected chi connectivity index (χ0v) is 15.9. The van der Waals surface area contributed by atoms with Gasteiger partial charge in [-0.05, 0) is 36.2 Å². The van der Waals surface area contributed by atoms with Crippen molar-refractivity contribution >= 4 is 23.2 Å². The Labute approximate surface area is 159 Å². The SMILES string of the molecule is CCCN1CCOC(c2ccc(COc3c(Cl)cccc3Cl)cc2)C1. The van der Waals surface area contributed by atoms with Crippen molar-refractivity contribution in [2.24, 2.45) is 0 Å². The van der Waals surface area contributed by atoms with Gasteiger partial charge < -0.3 is 9.47 Å². The second-order valence-electron chi connectivity index (χ2n) is 6.24. The zero-order valence-electron chi connectivity index (χ0n) is 14.4. The van der Waals surface area contributed by atoms with Crippen molar-refractivity contribution in [2.75, 3.05) is 26.2 Å². The molecule has 0 bridgehead atoms. The molecule has 1 heterocycles. The molecule has 0 N–H and O–H groups in total. The van der Waals surface area contributed by atoms with Crippen molar-refractivity contribution in [1.29, 1.82) is 0 Å². The number of para-hydroxylation sites is 1. The lowest BCUT2D eigenvalue weighted by molar-refractivity contribution is -0.0298. The molecule has 0 aromatic heterocycles. The predicted octanol–water partition coefficient (Wildman–Crippen LogP) is 5.36. The van der Waals surface area contributed by atoms with E-state index in [1.54, 1.807) is 18.2 Å². The zero-order chi connectivity index (χ0) is 17.6. The van der Waals surface area contributed by atoms with Gasteiger partial charge in [-0.25, -0.2) is 0 Å². The average molecular weight is 380 g/mol. The molecule has 0 spiro atoms. The van der Waals surface area contributed by atoms with Gasteiger partial charge in [0.2, 0.25) is 0 Å². The summed E-state index contributed by atoms with van der Waals surface area (Å²) in [5, 5.41) is 1.05. The monoisotopic (exact) mass is 379 g/mol. The molecule has 1 unspecified atom stereocenters. The molecule has 1 aliphatic heterocycles. The minimum absolute atomic E-state index is 0.147. The standard InChI is InChI=1S/C20H23Cl2NO2/c1-2-10-23-11-12-24-19(13-23)16-8-6-15(7-9-16)14-25-20-17(21)4-3-5-18(20)22/h3-9,19H,2,10-14H2,1H3. The fourth-order valence-corrected chi connectivity index (χ4v) is 3.53. The summed E-state index contributed by atoms with van der Waals surface area (Å²) >= 11 is 12.3. The molecule has 1 aliphatic rings. The summed E-state index contributed by atoms with van der Waals surface area (Å²) in [6.07, 6.45) is 1.32. The first-order valence-electron chi connectivity index (χ1n) is 8.67. The summed E-state index contributed by atoms with van der Waals surface area (Å²) < 4.78 is 11.7. The first-order valence-corrected chi connectivity index (χ1v) is 9.42. The molecular formula is C20H23Cl2NO2. The Morgan fingerprint density at radius 3 is 2.52 bits per heavy atom. The van der Waals surface area contributed by atoms with Crippen LogP contribution >= 0.6 is 23.2 Å². The maximum atomic E-state index is 6.13. The van der Waals surface area contributed by atoms with Crippen LogP contribution in [0.3, 0.4) is 0 Å². The first-order chi connectivity index (χ1) is 12.2. The number of nitrogens with zero attached hydrogens (tertiary/aromatic N) is 1. The minimum atomic E-state index is 0.147. The van der Waals surface area contributed by atoms with Crippen LogP contribution in [-0.2, 0) is 11.3 Å². The number of benzene rings is 2. The molecule has 0 radical (unpaired) electrons. The van der Waals surface area contributed by atoms with Crippen molar-refractivity contribution in [2.45, 2.75) is 26.1 Å². The third-order valence-corrected chi connectivity index (χ3v) is 4.94. The molecule has 3 nitrogen and oxygen atoms in total. The largest absolute Gasteiger partial charge is 0.486 e. The Morgan fingerprint density at radius 1 is 1.12 bits per heavy atom. The summed E-state index contributed by atoms with van der Waals surface area (Å²) in [4.78, 5) is 2.46. The predicted molar refractivity (Wildman–Crippen MR) is 103 cm³/mol. The molecule has 1 atom stereocenters. The Bertz CT molecular complexity index is 668. The molecule has 1 fully saturated rings. The molecule has 0 aliphatic carbocycles. The molecule has 134 valence electrons. The number of hydrogen-bond donors (Lipinski definition) is 0. The highest BCUT2D eigenvalue weighted by atomic mass is 35.5. The first kappa shape index (κ1) is 18.5. The molecule has 0 saturated carbocycles. The average Bonchev–Trinajstić information content (AvgIpc) is 2.62.